The number of esters is 2. The van der Waals surface area contributed by atoms with Gasteiger partial charge in [-0.2, -0.15) is 0 Å². The number of aliphatic hydroxyl groups is 4. The molecule has 1 aliphatic heterocycles. The summed E-state index contributed by atoms with van der Waals surface area (Å²) in [5.74, 6) is -2.82. The second-order valence-electron chi connectivity index (χ2n) is 34.7. The summed E-state index contributed by atoms with van der Waals surface area (Å²) in [4.78, 5) is 90.5. The van der Waals surface area contributed by atoms with Crippen molar-refractivity contribution in [2.24, 2.45) is 5.73 Å². The SMILES string of the molecule is C1CCOC1.COC(=O)c1cc(F)ccc1O.COC(=O)c1cc(F)ccc1O[C@@H](C)CNC(=O)OC(C)(C)C.C[C@@H](CNC(=O)OC(C)(C)C)Oc1ccc(F)cc1C=O.C[C@@H](CNC(=O)OC(C)(C)C)Oc1ccc(F)cc1CN[C@@H]1CCC[C@@H]1O.C[C@@H](CNC(=O)OC(C)(C)C)Oc1ccc(F)cc1CO.C[C@@H](O)CNC(=O)OC(C)(C)C.N[C@@H]1CCC[C@@H]1O.[2H]CC.[B].[CH3-].[H-].[Li+]. The third-order valence-electron chi connectivity index (χ3n) is 16.4. The minimum Gasteiger partial charge on any atom is -1.00 e. The summed E-state index contributed by atoms with van der Waals surface area (Å²) in [6, 6.07) is 18.7. The Labute approximate surface area is 799 Å². The Morgan fingerprint density at radius 2 is 0.805 bits per heavy atom. The van der Waals surface area contributed by atoms with E-state index in [2.05, 4.69) is 41.4 Å². The van der Waals surface area contributed by atoms with E-state index in [1.165, 1.54) is 74.5 Å². The molecule has 39 heteroatoms. The van der Waals surface area contributed by atoms with Crippen molar-refractivity contribution in [2.45, 2.75) is 300 Å². The van der Waals surface area contributed by atoms with Gasteiger partial charge in [0, 0.05) is 59.3 Å². The van der Waals surface area contributed by atoms with E-state index >= 15 is 0 Å². The number of aldehydes is 1. The summed E-state index contributed by atoms with van der Waals surface area (Å²) in [5.41, 5.74) is 3.63. The first kappa shape index (κ1) is 127. The van der Waals surface area contributed by atoms with E-state index in [9.17, 15) is 65.4 Å². The molecule has 133 heavy (non-hydrogen) atoms. The molecular formula is C94H148BF5LiN7O25-. The van der Waals surface area contributed by atoms with Gasteiger partial charge in [-0.1, -0.05) is 13.8 Å². The van der Waals surface area contributed by atoms with E-state index in [0.717, 1.165) is 89.2 Å². The number of rotatable bonds is 25. The summed E-state index contributed by atoms with van der Waals surface area (Å²) in [7, 11) is 2.36. The van der Waals surface area contributed by atoms with Crippen molar-refractivity contribution in [1.29, 1.82) is 0 Å². The van der Waals surface area contributed by atoms with Gasteiger partial charge in [0.05, 0.1) is 70.9 Å². The molecule has 1 saturated heterocycles. The molecule has 2 aliphatic carbocycles. The van der Waals surface area contributed by atoms with Crippen LogP contribution in [0.25, 0.3) is 0 Å². The molecule has 5 amide bonds. The number of phenolic OH excluding ortho intramolecular Hbond substituents is 1. The Bertz CT molecular complexity index is 4210. The second kappa shape index (κ2) is 66.5. The maximum absolute atomic E-state index is 13.7. The van der Waals surface area contributed by atoms with Crippen molar-refractivity contribution in [3.05, 3.63) is 155 Å². The summed E-state index contributed by atoms with van der Waals surface area (Å²) < 4.78 is 133. The third kappa shape index (κ3) is 63.1. The molecule has 5 aromatic carbocycles. The number of nitrogens with two attached hydrogens (primary N) is 1. The van der Waals surface area contributed by atoms with E-state index in [4.69, 9.17) is 74.9 Å². The fourth-order valence-electron chi connectivity index (χ4n) is 10.6. The molecule has 8 rings (SSSR count). The normalized spacial score (nSPS) is 15.7. The minimum atomic E-state index is -0.757. The van der Waals surface area contributed by atoms with Crippen molar-refractivity contribution in [3.63, 3.8) is 0 Å². The Morgan fingerprint density at radius 3 is 1.13 bits per heavy atom. The molecule has 5 aromatic rings. The first-order chi connectivity index (χ1) is 60.8. The third-order valence-corrected chi connectivity index (χ3v) is 16.4. The molecule has 3 fully saturated rings. The summed E-state index contributed by atoms with van der Waals surface area (Å²) in [6.45, 7) is 40.7. The van der Waals surface area contributed by atoms with Crippen molar-refractivity contribution in [2.75, 3.05) is 60.2 Å². The quantitative estimate of drug-likeness (QED) is 0.00645. The van der Waals surface area contributed by atoms with Crippen LogP contribution in [0.15, 0.2) is 91.0 Å². The largest absolute Gasteiger partial charge is 1.00 e. The van der Waals surface area contributed by atoms with Crippen LogP contribution in [0.5, 0.6) is 28.7 Å². The topological polar surface area (TPSA) is 447 Å². The number of methoxy groups -OCH3 is 2. The minimum absolute atomic E-state index is 0. The number of nitrogens with one attached hydrogen (secondary N) is 6. The fourth-order valence-corrected chi connectivity index (χ4v) is 10.6. The number of alkyl carbamates (subject to hydrolysis) is 5. The van der Waals surface area contributed by atoms with Crippen LogP contribution in [-0.2, 0) is 51.0 Å². The molecule has 3 aliphatic rings. The first-order valence-electron chi connectivity index (χ1n) is 43.3. The van der Waals surface area contributed by atoms with Gasteiger partial charge in [-0.3, -0.25) is 4.79 Å². The van der Waals surface area contributed by atoms with Crippen molar-refractivity contribution >= 4 is 57.1 Å². The zero-order valence-corrected chi connectivity index (χ0v) is 82.1. The Morgan fingerprint density at radius 1 is 0.489 bits per heavy atom. The van der Waals surface area contributed by atoms with Gasteiger partial charge in [0.2, 0.25) is 0 Å². The predicted molar refractivity (Wildman–Crippen MR) is 494 cm³/mol. The van der Waals surface area contributed by atoms with Crippen LogP contribution >= 0.6 is 0 Å². The number of ether oxygens (including phenoxy) is 12. The van der Waals surface area contributed by atoms with E-state index < -0.39 is 112 Å². The van der Waals surface area contributed by atoms with Gasteiger partial charge >= 0.3 is 61.3 Å². The number of aliphatic hydroxyl groups excluding tert-OH is 4. The van der Waals surface area contributed by atoms with Crippen molar-refractivity contribution in [1.82, 2.24) is 31.9 Å². The zero-order chi connectivity index (χ0) is 100. The van der Waals surface area contributed by atoms with Crippen LogP contribution < -0.4 is 75.4 Å². The van der Waals surface area contributed by atoms with Gasteiger partial charge in [0.15, 0.2) is 6.29 Å². The average Bonchev–Trinajstić information content (AvgIpc) is 0.936. The smallest absolute Gasteiger partial charge is 1.00 e. The van der Waals surface area contributed by atoms with Gasteiger partial charge in [0.25, 0.3) is 0 Å². The molecule has 9 atom stereocenters. The number of carbonyl (C=O) groups is 8. The van der Waals surface area contributed by atoms with Crippen LogP contribution in [-0.4, -0.2) is 226 Å². The molecule has 0 aromatic heterocycles. The molecule has 2 saturated carbocycles. The molecular weight excluding hydrogens is 1740 g/mol. The number of amides is 5. The Kier molecular flexibility index (Phi) is 63.6. The van der Waals surface area contributed by atoms with Gasteiger partial charge in [0.1, 0.15) is 121 Å². The zero-order valence-electron chi connectivity index (χ0n) is 84.1. The number of benzene rings is 5. The predicted octanol–water partition coefficient (Wildman–Crippen LogP) is 12.6. The number of hydrogen-bond donors (Lipinski definition) is 12. The number of hydrogen-bond acceptors (Lipinski definition) is 27. The van der Waals surface area contributed by atoms with Crippen LogP contribution in [0.2, 0.25) is 0 Å². The number of aromatic hydroxyl groups is 1. The van der Waals surface area contributed by atoms with E-state index in [1.54, 1.807) is 145 Å². The maximum Gasteiger partial charge on any atom is 1.00 e. The standard InChI is InChI=1S/C20H31FN2O4.C16H22FNO5.C15H22FNO4.C15H20FNO4.C8H7FO3.C8H17NO3.C5H11NO.C4H8O.C2H6.CH3.B.Li.H/c1-13(11-23-19(25)27-20(2,3)4)26-18-9-8-15(21)10-14(18)12-22-16-6-5-7-17(16)24;1-10(9-18-15(20)23-16(2,3)4)22-13-7-6-11(17)8-12(13)14(19)21-5;2*1-10(8-17-14(19)21-15(2,3)4)20-13-6-5-12(16)7-11(13)9-18;1-12-8(11)6-4-5(9)2-3-7(6)10;1-6(10)5-9-7(11)12-8(2,3)4;6-4-2-1-3-5(4)7;1-2-4-5-3-1;1-2;;;;/h8-10,13,16-17,22,24H,5-7,11-12H2,1-4H3,(H,23,25);6-8,10H,9H2,1-5H3,(H,18,20);5-7,10,18H,8-9H2,1-4H3,(H,17,19);5-7,9-10H,8H2,1-4H3,(H,17,19);2-4,10H,1H3;6,10H,5H2,1-4H3,(H,9,11);4-5,7H,1-3,6H2;1-4H2;1-2H3;1H3;;;/q;;;;;;;;;-1;;+1;-1/t13-,16+,17-;3*10-;;6-;4-,5+;;;;;;/m0000.11....../s1/i;;;;;;;;1D;;;;. The molecule has 13 N–H and O–H groups in total. The van der Waals surface area contributed by atoms with Gasteiger partial charge in [-0.15, -0.1) is 0 Å². The molecule has 3 radical (unpaired) electrons. The number of phenols is 1. The molecule has 0 spiro atoms. The van der Waals surface area contributed by atoms with Crippen LogP contribution in [0.4, 0.5) is 45.9 Å². The molecule has 0 bridgehead atoms. The maximum atomic E-state index is 13.7. The second-order valence-corrected chi connectivity index (χ2v) is 34.7. The number of carbonyl (C=O) groups excluding carboxylic acids is 8. The Hall–Kier alpha value is -9.91. The van der Waals surface area contributed by atoms with E-state index in [0.29, 0.717) is 42.4 Å². The molecule has 1 heterocycles. The van der Waals surface area contributed by atoms with Gasteiger partial charge in [-0.05, 0) is 281 Å². The number of halogens is 5. The summed E-state index contributed by atoms with van der Waals surface area (Å²) >= 11 is 0. The van der Waals surface area contributed by atoms with Crippen molar-refractivity contribution in [3.8, 4) is 28.7 Å². The van der Waals surface area contributed by atoms with E-state index in [1.807, 2.05) is 6.92 Å². The van der Waals surface area contributed by atoms with Crippen molar-refractivity contribution < 1.29 is 164 Å². The first-order valence-corrected chi connectivity index (χ1v) is 42.6. The molecule has 32 nitrogen and oxygen atoms in total. The summed E-state index contributed by atoms with van der Waals surface area (Å²) in [5, 5.41) is 61.9. The van der Waals surface area contributed by atoms with Gasteiger partial charge in [-0.25, -0.2) is 55.5 Å². The molecule has 749 valence electrons. The van der Waals surface area contributed by atoms with Gasteiger partial charge < -0.3 is 129 Å². The molecule has 0 unspecified atom stereocenters. The van der Waals surface area contributed by atoms with Crippen LogP contribution in [0, 0.1) is 36.5 Å². The van der Waals surface area contributed by atoms with Crippen LogP contribution in [0.3, 0.4) is 0 Å². The fraction of sp³-hybridized carbons (Fsp3) is 0.585. The summed E-state index contributed by atoms with van der Waals surface area (Å²) in [6.07, 6.45) is 3.46. The van der Waals surface area contributed by atoms with E-state index in [-0.39, 0.29) is 152 Å². The van der Waals surface area contributed by atoms with Crippen LogP contribution in [0.1, 0.15) is 249 Å². The Balaban J connectivity index is -0.000000489. The average molecular weight is 1890 g/mol. The monoisotopic (exact) mass is 1890 g/mol.